The zero-order valence-electron chi connectivity index (χ0n) is 13.5. The van der Waals surface area contributed by atoms with Crippen molar-refractivity contribution in [2.24, 2.45) is 5.10 Å². The number of halogens is 1. The Kier molecular flexibility index (Phi) is 6.20. The zero-order valence-corrected chi connectivity index (χ0v) is 15.1. The molecule has 1 N–H and O–H groups in total. The molecule has 24 heavy (non-hydrogen) atoms. The molecule has 0 saturated heterocycles. The number of nitrogens with zero attached hydrogens (tertiary/aromatic N) is 1. The number of amides is 1. The van der Waals surface area contributed by atoms with Crippen LogP contribution in [0.25, 0.3) is 0 Å². The van der Waals surface area contributed by atoms with E-state index in [0.29, 0.717) is 22.8 Å². The first-order chi connectivity index (χ1) is 11.6. The molecule has 0 fully saturated rings. The molecule has 0 saturated carbocycles. The highest BCUT2D eigenvalue weighted by atomic mass is 79.9. The fourth-order valence-corrected chi connectivity index (χ4v) is 2.40. The lowest BCUT2D eigenvalue weighted by Gasteiger charge is -2.13. The Labute approximate surface area is 148 Å². The number of hydrazone groups is 1. The molecule has 0 aliphatic rings. The van der Waals surface area contributed by atoms with E-state index in [1.165, 1.54) is 21.3 Å². The van der Waals surface area contributed by atoms with E-state index in [4.69, 9.17) is 14.2 Å². The Morgan fingerprint density at radius 2 is 1.71 bits per heavy atom. The Morgan fingerprint density at radius 3 is 2.25 bits per heavy atom. The molecule has 0 radical (unpaired) electrons. The van der Waals surface area contributed by atoms with Gasteiger partial charge in [0.25, 0.3) is 5.91 Å². The van der Waals surface area contributed by atoms with Crippen molar-refractivity contribution in [3.8, 4) is 17.2 Å². The molecule has 0 heterocycles. The van der Waals surface area contributed by atoms with Gasteiger partial charge < -0.3 is 14.2 Å². The Bertz CT molecular complexity index is 737. The molecule has 0 spiro atoms. The summed E-state index contributed by atoms with van der Waals surface area (Å²) in [5.41, 5.74) is 3.66. The number of ether oxygens (including phenoxy) is 3. The van der Waals surface area contributed by atoms with Crippen LogP contribution in [0.4, 0.5) is 0 Å². The van der Waals surface area contributed by atoms with E-state index in [1.54, 1.807) is 18.3 Å². The van der Waals surface area contributed by atoms with Crippen molar-refractivity contribution in [3.63, 3.8) is 0 Å². The van der Waals surface area contributed by atoms with E-state index < -0.39 is 5.91 Å². The summed E-state index contributed by atoms with van der Waals surface area (Å²) in [6, 6.07) is 10.7. The van der Waals surface area contributed by atoms with Crippen LogP contribution < -0.4 is 19.6 Å². The summed E-state index contributed by atoms with van der Waals surface area (Å²) in [4.78, 5) is 12.3. The molecular formula is C17H17BrN2O4. The minimum atomic E-state index is -0.391. The highest BCUT2D eigenvalue weighted by Gasteiger charge is 2.16. The van der Waals surface area contributed by atoms with Crippen molar-refractivity contribution in [1.82, 2.24) is 5.43 Å². The summed E-state index contributed by atoms with van der Waals surface area (Å²) < 4.78 is 16.6. The summed E-state index contributed by atoms with van der Waals surface area (Å²) >= 11 is 3.41. The standard InChI is InChI=1S/C17H17BrN2O4/c1-22-14-8-12(9-15(23-2)16(14)24-3)17(21)20-19-10-11-6-4-5-7-13(11)18/h4-10H,1-3H3,(H,20,21)/b19-10+. The summed E-state index contributed by atoms with van der Waals surface area (Å²) in [5, 5.41) is 3.96. The van der Waals surface area contributed by atoms with Crippen LogP contribution in [-0.2, 0) is 0 Å². The molecule has 1 amide bonds. The number of rotatable bonds is 6. The molecule has 0 bridgehead atoms. The van der Waals surface area contributed by atoms with E-state index in [-0.39, 0.29) is 0 Å². The van der Waals surface area contributed by atoms with Crippen LogP contribution >= 0.6 is 15.9 Å². The van der Waals surface area contributed by atoms with Gasteiger partial charge in [-0.15, -0.1) is 0 Å². The Hall–Kier alpha value is -2.54. The fraction of sp³-hybridized carbons (Fsp3) is 0.176. The van der Waals surface area contributed by atoms with Crippen LogP contribution in [0.2, 0.25) is 0 Å². The molecular weight excluding hydrogens is 376 g/mol. The highest BCUT2D eigenvalue weighted by molar-refractivity contribution is 9.10. The van der Waals surface area contributed by atoms with Crippen molar-refractivity contribution in [2.45, 2.75) is 0 Å². The minimum Gasteiger partial charge on any atom is -0.493 e. The molecule has 2 rings (SSSR count). The van der Waals surface area contributed by atoms with Crippen LogP contribution in [-0.4, -0.2) is 33.5 Å². The van der Waals surface area contributed by atoms with Gasteiger partial charge >= 0.3 is 0 Å². The van der Waals surface area contributed by atoms with Gasteiger partial charge in [0.05, 0.1) is 27.5 Å². The monoisotopic (exact) mass is 392 g/mol. The van der Waals surface area contributed by atoms with Crippen molar-refractivity contribution in [2.75, 3.05) is 21.3 Å². The van der Waals surface area contributed by atoms with Gasteiger partial charge in [0.1, 0.15) is 0 Å². The van der Waals surface area contributed by atoms with Crippen molar-refractivity contribution >= 4 is 28.1 Å². The third kappa shape index (κ3) is 4.05. The summed E-state index contributed by atoms with van der Waals surface area (Å²) in [7, 11) is 4.48. The van der Waals surface area contributed by atoms with Crippen LogP contribution in [0.1, 0.15) is 15.9 Å². The molecule has 2 aromatic rings. The maximum Gasteiger partial charge on any atom is 0.271 e. The molecule has 7 heteroatoms. The predicted octanol–water partition coefficient (Wildman–Crippen LogP) is 3.24. The van der Waals surface area contributed by atoms with E-state index in [9.17, 15) is 4.79 Å². The average Bonchev–Trinajstić information content (AvgIpc) is 2.61. The smallest absolute Gasteiger partial charge is 0.271 e. The van der Waals surface area contributed by atoms with Crippen LogP contribution in [0.3, 0.4) is 0 Å². The third-order valence-corrected chi connectivity index (χ3v) is 3.92. The van der Waals surface area contributed by atoms with Crippen LogP contribution in [0.5, 0.6) is 17.2 Å². The first-order valence-corrected chi connectivity index (χ1v) is 7.78. The molecule has 0 aromatic heterocycles. The average molecular weight is 393 g/mol. The zero-order chi connectivity index (χ0) is 17.5. The molecule has 0 unspecified atom stereocenters. The SMILES string of the molecule is COc1cc(C(=O)N/N=C/c2ccccc2Br)cc(OC)c1OC. The molecule has 0 atom stereocenters. The summed E-state index contributed by atoms with van der Waals surface area (Å²) in [6.45, 7) is 0. The van der Waals surface area contributed by atoms with Gasteiger partial charge in [-0.25, -0.2) is 5.43 Å². The maximum atomic E-state index is 12.3. The highest BCUT2D eigenvalue weighted by Crippen LogP contribution is 2.38. The van der Waals surface area contributed by atoms with Crippen LogP contribution in [0.15, 0.2) is 46.0 Å². The lowest BCUT2D eigenvalue weighted by atomic mass is 10.1. The number of hydrogen-bond acceptors (Lipinski definition) is 5. The van der Waals surface area contributed by atoms with Gasteiger partial charge in [0.2, 0.25) is 5.75 Å². The molecule has 0 aliphatic heterocycles. The Morgan fingerprint density at radius 1 is 1.08 bits per heavy atom. The number of methoxy groups -OCH3 is 3. The lowest BCUT2D eigenvalue weighted by molar-refractivity contribution is 0.0954. The van der Waals surface area contributed by atoms with Gasteiger partial charge in [-0.3, -0.25) is 4.79 Å². The maximum absolute atomic E-state index is 12.3. The number of carbonyl (C=O) groups excluding carboxylic acids is 1. The van der Waals surface area contributed by atoms with E-state index in [2.05, 4.69) is 26.5 Å². The first kappa shape index (κ1) is 17.8. The van der Waals surface area contributed by atoms with E-state index in [0.717, 1.165) is 10.0 Å². The second-order valence-electron chi connectivity index (χ2n) is 4.63. The molecule has 6 nitrogen and oxygen atoms in total. The van der Waals surface area contributed by atoms with Crippen LogP contribution in [0, 0.1) is 0 Å². The fourth-order valence-electron chi connectivity index (χ4n) is 2.02. The second kappa shape index (κ2) is 8.35. The lowest BCUT2D eigenvalue weighted by Crippen LogP contribution is -2.18. The van der Waals surface area contributed by atoms with E-state index in [1.807, 2.05) is 24.3 Å². The van der Waals surface area contributed by atoms with Gasteiger partial charge in [-0.1, -0.05) is 34.1 Å². The van der Waals surface area contributed by atoms with Gasteiger partial charge in [-0.05, 0) is 18.2 Å². The number of hydrogen-bond donors (Lipinski definition) is 1. The Balaban J connectivity index is 2.19. The van der Waals surface area contributed by atoms with E-state index >= 15 is 0 Å². The third-order valence-electron chi connectivity index (χ3n) is 3.20. The number of carbonyl (C=O) groups is 1. The van der Waals surface area contributed by atoms with Crippen molar-refractivity contribution in [3.05, 3.63) is 52.0 Å². The summed E-state index contributed by atoms with van der Waals surface area (Å²) in [5.74, 6) is 0.833. The van der Waals surface area contributed by atoms with Gasteiger partial charge in [0, 0.05) is 15.6 Å². The quantitative estimate of drug-likeness (QED) is 0.605. The topological polar surface area (TPSA) is 69.2 Å². The van der Waals surface area contributed by atoms with Gasteiger partial charge in [-0.2, -0.15) is 5.10 Å². The second-order valence-corrected chi connectivity index (χ2v) is 5.49. The molecule has 0 aliphatic carbocycles. The number of benzene rings is 2. The normalized spacial score (nSPS) is 10.5. The van der Waals surface area contributed by atoms with Gasteiger partial charge in [0.15, 0.2) is 11.5 Å². The van der Waals surface area contributed by atoms with Crippen molar-refractivity contribution < 1.29 is 19.0 Å². The summed E-state index contributed by atoms with van der Waals surface area (Å²) in [6.07, 6.45) is 1.56. The predicted molar refractivity (Wildman–Crippen MR) is 95.3 cm³/mol. The van der Waals surface area contributed by atoms with Crippen molar-refractivity contribution in [1.29, 1.82) is 0 Å². The minimum absolute atomic E-state index is 0.341. The molecule has 126 valence electrons. The largest absolute Gasteiger partial charge is 0.493 e. The molecule has 2 aromatic carbocycles. The first-order valence-electron chi connectivity index (χ1n) is 6.98. The number of nitrogens with one attached hydrogen (secondary N) is 1.